The highest BCUT2D eigenvalue weighted by Gasteiger charge is 2.22. The van der Waals surface area contributed by atoms with Crippen molar-refractivity contribution < 1.29 is 13.9 Å². The van der Waals surface area contributed by atoms with Gasteiger partial charge < -0.3 is 4.74 Å². The smallest absolute Gasteiger partial charge is 0.170 e. The van der Waals surface area contributed by atoms with Crippen molar-refractivity contribution in [1.29, 1.82) is 0 Å². The number of halogens is 2. The van der Waals surface area contributed by atoms with E-state index in [1.54, 1.807) is 6.07 Å². The molecule has 0 saturated heterocycles. The highest BCUT2D eigenvalue weighted by atomic mass is 79.9. The van der Waals surface area contributed by atoms with Gasteiger partial charge in [0.2, 0.25) is 0 Å². The molecule has 0 N–H and O–H groups in total. The van der Waals surface area contributed by atoms with E-state index in [4.69, 9.17) is 4.74 Å². The van der Waals surface area contributed by atoms with Crippen molar-refractivity contribution in [3.63, 3.8) is 0 Å². The zero-order valence-corrected chi connectivity index (χ0v) is 8.23. The predicted molar refractivity (Wildman–Crippen MR) is 48.5 cm³/mol. The monoisotopic (exact) mass is 244 g/mol. The van der Waals surface area contributed by atoms with Crippen LogP contribution in [0.1, 0.15) is 16.8 Å². The maximum Gasteiger partial charge on any atom is 0.170 e. The van der Waals surface area contributed by atoms with Crippen molar-refractivity contribution in [2.24, 2.45) is 0 Å². The van der Waals surface area contributed by atoms with Crippen LogP contribution in [0.25, 0.3) is 0 Å². The van der Waals surface area contributed by atoms with Gasteiger partial charge in [0.15, 0.2) is 17.3 Å². The molecule has 0 aromatic heterocycles. The predicted octanol–water partition coefficient (Wildman–Crippen LogP) is 2.55. The number of hydrogen-bond acceptors (Lipinski definition) is 2. The number of Topliss-reactive ketones (excluding diaryl/α,β-unsaturated/α-hetero) is 1. The van der Waals surface area contributed by atoms with E-state index in [1.807, 2.05) is 0 Å². The molecule has 1 aromatic rings. The van der Waals surface area contributed by atoms with Crippen molar-refractivity contribution in [1.82, 2.24) is 0 Å². The molecule has 0 bridgehead atoms. The van der Waals surface area contributed by atoms with Crippen molar-refractivity contribution in [2.75, 3.05) is 6.61 Å². The van der Waals surface area contributed by atoms with Crippen molar-refractivity contribution in [3.05, 3.63) is 28.0 Å². The average Bonchev–Trinajstić information content (AvgIpc) is 2.07. The molecule has 1 aliphatic rings. The van der Waals surface area contributed by atoms with Crippen LogP contribution in [0.5, 0.6) is 5.75 Å². The second kappa shape index (κ2) is 3.10. The van der Waals surface area contributed by atoms with Crippen molar-refractivity contribution >= 4 is 21.7 Å². The number of rotatable bonds is 0. The fraction of sp³-hybridized carbons (Fsp3) is 0.222. The highest BCUT2D eigenvalue weighted by molar-refractivity contribution is 9.10. The quantitative estimate of drug-likeness (QED) is 0.702. The average molecular weight is 245 g/mol. The summed E-state index contributed by atoms with van der Waals surface area (Å²) in [5.74, 6) is -0.474. The number of carbonyl (C=O) groups excluding carboxylic acids is 1. The summed E-state index contributed by atoms with van der Waals surface area (Å²) in [6, 6.07) is 2.87. The van der Waals surface area contributed by atoms with Gasteiger partial charge in [0.1, 0.15) is 0 Å². The largest absolute Gasteiger partial charge is 0.489 e. The lowest BCUT2D eigenvalue weighted by molar-refractivity contribution is 0.0929. The molecule has 13 heavy (non-hydrogen) atoms. The van der Waals surface area contributed by atoms with Gasteiger partial charge in [-0.3, -0.25) is 4.79 Å². The Morgan fingerprint density at radius 1 is 1.46 bits per heavy atom. The number of benzene rings is 1. The summed E-state index contributed by atoms with van der Waals surface area (Å²) in [6.07, 6.45) is 0.322. The third-order valence-corrected chi connectivity index (χ3v) is 2.34. The van der Waals surface area contributed by atoms with E-state index in [0.29, 0.717) is 16.5 Å². The van der Waals surface area contributed by atoms with E-state index >= 15 is 0 Å². The van der Waals surface area contributed by atoms with Gasteiger partial charge in [0.25, 0.3) is 0 Å². The van der Waals surface area contributed by atoms with Gasteiger partial charge in [-0.1, -0.05) is 15.9 Å². The van der Waals surface area contributed by atoms with E-state index in [9.17, 15) is 9.18 Å². The second-order valence-electron chi connectivity index (χ2n) is 2.79. The molecule has 1 aromatic carbocycles. The summed E-state index contributed by atoms with van der Waals surface area (Å²) in [4.78, 5) is 11.3. The molecule has 0 fully saturated rings. The molecular weight excluding hydrogens is 239 g/mol. The van der Waals surface area contributed by atoms with E-state index in [0.717, 1.165) is 0 Å². The normalized spacial score (nSPS) is 15.1. The number of fused-ring (bicyclic) bond motifs is 1. The first kappa shape index (κ1) is 8.69. The number of ketones is 1. The first-order valence-electron chi connectivity index (χ1n) is 3.83. The topological polar surface area (TPSA) is 26.3 Å². The maximum absolute atomic E-state index is 13.2. The Bertz CT molecular complexity index is 376. The van der Waals surface area contributed by atoms with Gasteiger partial charge >= 0.3 is 0 Å². The standard InChI is InChI=1S/C9H6BrFO2/c10-5-3-6-8(12)1-2-13-9(6)7(11)4-5/h3-4H,1-2H2. The maximum atomic E-state index is 13.2. The number of hydrogen-bond donors (Lipinski definition) is 0. The molecule has 0 aliphatic carbocycles. The number of carbonyl (C=O) groups is 1. The zero-order chi connectivity index (χ0) is 9.42. The van der Waals surface area contributed by atoms with Gasteiger partial charge in [0.05, 0.1) is 12.2 Å². The van der Waals surface area contributed by atoms with Crippen molar-refractivity contribution in [2.45, 2.75) is 6.42 Å². The Kier molecular flexibility index (Phi) is 2.07. The minimum Gasteiger partial charge on any atom is -0.489 e. The molecule has 1 aliphatic heterocycles. The van der Waals surface area contributed by atoms with E-state index in [2.05, 4.69) is 15.9 Å². The minimum atomic E-state index is -0.488. The molecule has 0 unspecified atom stereocenters. The summed E-state index contributed by atoms with van der Waals surface area (Å²) in [5.41, 5.74) is 0.332. The fourth-order valence-electron chi connectivity index (χ4n) is 1.29. The first-order chi connectivity index (χ1) is 6.18. The van der Waals surface area contributed by atoms with Gasteiger partial charge in [0, 0.05) is 10.9 Å². The number of ether oxygens (including phenoxy) is 1. The van der Waals surface area contributed by atoms with Crippen LogP contribution >= 0.6 is 15.9 Å². The van der Waals surface area contributed by atoms with E-state index in [1.165, 1.54) is 6.07 Å². The Hall–Kier alpha value is -0.900. The third-order valence-electron chi connectivity index (χ3n) is 1.88. The highest BCUT2D eigenvalue weighted by Crippen LogP contribution is 2.30. The summed E-state index contributed by atoms with van der Waals surface area (Å²) < 4.78 is 18.8. The van der Waals surface area contributed by atoms with Gasteiger partial charge in [-0.2, -0.15) is 0 Å². The summed E-state index contributed by atoms with van der Waals surface area (Å²) >= 11 is 3.12. The summed E-state index contributed by atoms with van der Waals surface area (Å²) in [6.45, 7) is 0.268. The Balaban J connectivity index is 2.63. The van der Waals surface area contributed by atoms with Gasteiger partial charge in [-0.05, 0) is 12.1 Å². The first-order valence-corrected chi connectivity index (χ1v) is 4.63. The molecule has 4 heteroatoms. The summed E-state index contributed by atoms with van der Waals surface area (Å²) in [5, 5.41) is 0. The lowest BCUT2D eigenvalue weighted by atomic mass is 10.1. The Morgan fingerprint density at radius 3 is 3.00 bits per heavy atom. The lowest BCUT2D eigenvalue weighted by Crippen LogP contribution is -2.16. The van der Waals surface area contributed by atoms with Crippen LogP contribution in [-0.4, -0.2) is 12.4 Å². The van der Waals surface area contributed by atoms with Crippen LogP contribution in [0, 0.1) is 5.82 Å². The molecule has 0 spiro atoms. The summed E-state index contributed by atoms with van der Waals surface area (Å²) in [7, 11) is 0. The van der Waals surface area contributed by atoms with Gasteiger partial charge in [-0.25, -0.2) is 4.39 Å². The van der Waals surface area contributed by atoms with E-state index < -0.39 is 5.82 Å². The van der Waals surface area contributed by atoms with Crippen LogP contribution < -0.4 is 4.74 Å². The van der Waals surface area contributed by atoms with E-state index in [-0.39, 0.29) is 18.1 Å². The molecule has 0 amide bonds. The molecule has 0 radical (unpaired) electrons. The zero-order valence-electron chi connectivity index (χ0n) is 6.64. The molecule has 2 nitrogen and oxygen atoms in total. The molecule has 0 saturated carbocycles. The van der Waals surface area contributed by atoms with Crippen molar-refractivity contribution in [3.8, 4) is 5.75 Å². The van der Waals surface area contributed by atoms with Crippen LogP contribution in [-0.2, 0) is 0 Å². The second-order valence-corrected chi connectivity index (χ2v) is 3.70. The van der Waals surface area contributed by atoms with Crippen LogP contribution in [0.2, 0.25) is 0 Å². The fourth-order valence-corrected chi connectivity index (χ4v) is 1.72. The SMILES string of the molecule is O=C1CCOc2c(F)cc(Br)cc21. The lowest BCUT2D eigenvalue weighted by Gasteiger charge is -2.16. The third kappa shape index (κ3) is 1.46. The molecular formula is C9H6BrFO2. The molecule has 68 valence electrons. The Morgan fingerprint density at radius 2 is 2.23 bits per heavy atom. The minimum absolute atomic E-state index is 0.0681. The molecule has 0 atom stereocenters. The van der Waals surface area contributed by atoms with Crippen LogP contribution in [0.15, 0.2) is 16.6 Å². The molecule has 1 heterocycles. The molecule has 2 rings (SSSR count). The van der Waals surface area contributed by atoms with Gasteiger partial charge in [-0.15, -0.1) is 0 Å². The van der Waals surface area contributed by atoms with Crippen LogP contribution in [0.4, 0.5) is 4.39 Å². The van der Waals surface area contributed by atoms with Crippen LogP contribution in [0.3, 0.4) is 0 Å². The Labute approximate surface area is 82.8 Å².